The molecule has 2 rings (SSSR count). The van der Waals surface area contributed by atoms with Gasteiger partial charge in [0.05, 0.1) is 10.2 Å². The molecular weight excluding hydrogens is 367 g/mol. The van der Waals surface area contributed by atoms with Crippen LogP contribution < -0.4 is 4.74 Å². The fourth-order valence-electron chi connectivity index (χ4n) is 1.67. The lowest BCUT2D eigenvalue weighted by atomic mass is 10.1. The Bertz CT molecular complexity index is 591. The van der Waals surface area contributed by atoms with Crippen molar-refractivity contribution < 1.29 is 14.9 Å². The highest BCUT2D eigenvalue weighted by atomic mass is 127. The first kappa shape index (κ1) is 14.9. The topological polar surface area (TPSA) is 49.7 Å². The number of phenols is 1. The van der Waals surface area contributed by atoms with Gasteiger partial charge in [0, 0.05) is 0 Å². The van der Waals surface area contributed by atoms with Crippen LogP contribution in [0.4, 0.5) is 0 Å². The summed E-state index contributed by atoms with van der Waals surface area (Å²) in [6, 6.07) is 12.9. The lowest BCUT2D eigenvalue weighted by Gasteiger charge is -2.07. The molecule has 0 aliphatic rings. The van der Waals surface area contributed by atoms with Crippen LogP contribution >= 0.6 is 22.6 Å². The Hall–Kier alpha value is -1.53. The van der Waals surface area contributed by atoms with E-state index in [0.717, 1.165) is 20.4 Å². The molecule has 0 heterocycles. The van der Waals surface area contributed by atoms with Gasteiger partial charge in [-0.3, -0.25) is 0 Å². The maximum Gasteiger partial charge on any atom is 0.132 e. The normalized spacial score (nSPS) is 10.9. The standard InChI is InChI=1S/C16H15IO3/c17-15-11-13(5-8-16(15)20-10-9-18)2-1-12-3-6-14(19)7-4-12/h1-8,11,18-19H,9-10H2. The lowest BCUT2D eigenvalue weighted by Crippen LogP contribution is -2.02. The SMILES string of the molecule is OCCOc1ccc(C=Cc2ccc(O)cc2)cc1I. The number of rotatable bonds is 5. The van der Waals surface area contributed by atoms with E-state index in [1.165, 1.54) is 0 Å². The number of benzene rings is 2. The predicted molar refractivity (Wildman–Crippen MR) is 88.8 cm³/mol. The van der Waals surface area contributed by atoms with Gasteiger partial charge in [-0.15, -0.1) is 0 Å². The minimum absolute atomic E-state index is 0.0125. The third kappa shape index (κ3) is 4.25. The van der Waals surface area contributed by atoms with Crippen LogP contribution in [-0.4, -0.2) is 23.4 Å². The molecule has 0 bridgehead atoms. The van der Waals surface area contributed by atoms with Crippen LogP contribution in [-0.2, 0) is 0 Å². The van der Waals surface area contributed by atoms with Crippen molar-refractivity contribution in [3.05, 3.63) is 57.2 Å². The van der Waals surface area contributed by atoms with Gasteiger partial charge in [0.1, 0.15) is 18.1 Å². The molecule has 0 aliphatic heterocycles. The molecule has 0 unspecified atom stereocenters. The number of halogens is 1. The average molecular weight is 382 g/mol. The Labute approximate surface area is 131 Å². The van der Waals surface area contributed by atoms with Crippen molar-refractivity contribution in [2.75, 3.05) is 13.2 Å². The Kier molecular flexibility index (Phi) is 5.43. The summed E-state index contributed by atoms with van der Waals surface area (Å²) in [4.78, 5) is 0. The molecule has 2 aromatic carbocycles. The van der Waals surface area contributed by atoms with Crippen LogP contribution in [0.1, 0.15) is 11.1 Å². The molecule has 0 spiro atoms. The lowest BCUT2D eigenvalue weighted by molar-refractivity contribution is 0.200. The Morgan fingerprint density at radius 2 is 1.65 bits per heavy atom. The highest BCUT2D eigenvalue weighted by Crippen LogP contribution is 2.23. The van der Waals surface area contributed by atoms with Crippen LogP contribution in [0.15, 0.2) is 42.5 Å². The van der Waals surface area contributed by atoms with Crippen LogP contribution in [0.25, 0.3) is 12.2 Å². The number of aromatic hydroxyl groups is 1. The van der Waals surface area contributed by atoms with E-state index in [1.807, 2.05) is 42.5 Å². The third-order valence-electron chi connectivity index (χ3n) is 2.67. The second-order valence-electron chi connectivity index (χ2n) is 4.19. The zero-order valence-corrected chi connectivity index (χ0v) is 12.9. The van der Waals surface area contributed by atoms with Gasteiger partial charge in [0.2, 0.25) is 0 Å². The zero-order chi connectivity index (χ0) is 14.4. The Balaban J connectivity index is 2.09. The number of ether oxygens (including phenoxy) is 1. The van der Waals surface area contributed by atoms with Gasteiger partial charge >= 0.3 is 0 Å². The summed E-state index contributed by atoms with van der Waals surface area (Å²) >= 11 is 2.21. The highest BCUT2D eigenvalue weighted by molar-refractivity contribution is 14.1. The molecule has 4 heteroatoms. The fourth-order valence-corrected chi connectivity index (χ4v) is 2.37. The van der Waals surface area contributed by atoms with Gasteiger partial charge in [-0.05, 0) is 58.0 Å². The van der Waals surface area contributed by atoms with E-state index in [1.54, 1.807) is 12.1 Å². The minimum atomic E-state index is 0.0125. The maximum atomic E-state index is 9.22. The fraction of sp³-hybridized carbons (Fsp3) is 0.125. The van der Waals surface area contributed by atoms with Crippen LogP contribution in [0.5, 0.6) is 11.5 Å². The average Bonchev–Trinajstić information content (AvgIpc) is 2.46. The van der Waals surface area contributed by atoms with Gasteiger partial charge in [0.15, 0.2) is 0 Å². The number of phenolic OH excluding ortho intramolecular Hbond substituents is 1. The number of hydrogen-bond acceptors (Lipinski definition) is 3. The molecule has 2 N–H and O–H groups in total. The van der Waals surface area contributed by atoms with E-state index < -0.39 is 0 Å². The van der Waals surface area contributed by atoms with E-state index in [9.17, 15) is 5.11 Å². The Morgan fingerprint density at radius 1 is 1.00 bits per heavy atom. The van der Waals surface area contributed by atoms with Crippen molar-refractivity contribution in [1.82, 2.24) is 0 Å². The maximum absolute atomic E-state index is 9.22. The van der Waals surface area contributed by atoms with Crippen molar-refractivity contribution >= 4 is 34.7 Å². The van der Waals surface area contributed by atoms with E-state index in [4.69, 9.17) is 9.84 Å². The van der Waals surface area contributed by atoms with Crippen LogP contribution in [0.2, 0.25) is 0 Å². The summed E-state index contributed by atoms with van der Waals surface area (Å²) in [7, 11) is 0. The number of aliphatic hydroxyl groups excluding tert-OH is 1. The molecule has 0 aromatic heterocycles. The first-order valence-corrected chi connectivity index (χ1v) is 7.27. The molecule has 0 aliphatic carbocycles. The van der Waals surface area contributed by atoms with Crippen LogP contribution in [0.3, 0.4) is 0 Å². The molecule has 0 fully saturated rings. The van der Waals surface area contributed by atoms with Crippen molar-refractivity contribution in [1.29, 1.82) is 0 Å². The molecule has 0 atom stereocenters. The molecule has 20 heavy (non-hydrogen) atoms. The highest BCUT2D eigenvalue weighted by Gasteiger charge is 2.01. The van der Waals surface area contributed by atoms with Gasteiger partial charge in [0.25, 0.3) is 0 Å². The Morgan fingerprint density at radius 3 is 2.30 bits per heavy atom. The summed E-state index contributed by atoms with van der Waals surface area (Å²) < 4.78 is 6.41. The van der Waals surface area contributed by atoms with Crippen molar-refractivity contribution in [2.24, 2.45) is 0 Å². The summed E-state index contributed by atoms with van der Waals surface area (Å²) in [5.74, 6) is 1.04. The molecular formula is C16H15IO3. The molecule has 0 saturated heterocycles. The van der Waals surface area contributed by atoms with Gasteiger partial charge in [-0.2, -0.15) is 0 Å². The molecule has 2 aromatic rings. The summed E-state index contributed by atoms with van der Waals surface area (Å²) in [5.41, 5.74) is 2.09. The van der Waals surface area contributed by atoms with Crippen molar-refractivity contribution in [2.45, 2.75) is 0 Å². The van der Waals surface area contributed by atoms with Gasteiger partial charge < -0.3 is 14.9 Å². The second kappa shape index (κ2) is 7.31. The summed E-state index contributed by atoms with van der Waals surface area (Å²) in [5, 5.41) is 18.0. The monoisotopic (exact) mass is 382 g/mol. The van der Waals surface area contributed by atoms with Crippen LogP contribution in [0, 0.1) is 3.57 Å². The number of aliphatic hydroxyl groups is 1. The predicted octanol–water partition coefficient (Wildman–Crippen LogP) is 3.54. The smallest absolute Gasteiger partial charge is 0.132 e. The van der Waals surface area contributed by atoms with Crippen molar-refractivity contribution in [3.63, 3.8) is 0 Å². The van der Waals surface area contributed by atoms with E-state index in [-0.39, 0.29) is 12.4 Å². The van der Waals surface area contributed by atoms with E-state index >= 15 is 0 Å². The molecule has 3 nitrogen and oxygen atoms in total. The minimum Gasteiger partial charge on any atom is -0.508 e. The molecule has 104 valence electrons. The third-order valence-corrected chi connectivity index (χ3v) is 3.51. The molecule has 0 saturated carbocycles. The first-order valence-electron chi connectivity index (χ1n) is 6.19. The quantitative estimate of drug-likeness (QED) is 0.615. The first-order chi connectivity index (χ1) is 9.69. The molecule has 0 amide bonds. The number of hydrogen-bond donors (Lipinski definition) is 2. The summed E-state index contributed by atoms with van der Waals surface area (Å²) in [6.07, 6.45) is 3.99. The van der Waals surface area contributed by atoms with Gasteiger partial charge in [-0.1, -0.05) is 30.4 Å². The zero-order valence-electron chi connectivity index (χ0n) is 10.8. The molecule has 0 radical (unpaired) electrons. The van der Waals surface area contributed by atoms with E-state index in [2.05, 4.69) is 22.6 Å². The largest absolute Gasteiger partial charge is 0.508 e. The second-order valence-corrected chi connectivity index (χ2v) is 5.35. The van der Waals surface area contributed by atoms with E-state index in [0.29, 0.717) is 6.61 Å². The van der Waals surface area contributed by atoms with Crippen molar-refractivity contribution in [3.8, 4) is 11.5 Å². The van der Waals surface area contributed by atoms with Gasteiger partial charge in [-0.25, -0.2) is 0 Å². The summed E-state index contributed by atoms with van der Waals surface area (Å²) in [6.45, 7) is 0.317.